The van der Waals surface area contributed by atoms with Gasteiger partial charge in [-0.1, -0.05) is 12.8 Å². The van der Waals surface area contributed by atoms with E-state index in [9.17, 15) is 4.79 Å². The molecule has 0 bridgehead atoms. The summed E-state index contributed by atoms with van der Waals surface area (Å²) in [6.07, 6.45) is 4.58. The first-order valence-electron chi connectivity index (χ1n) is 7.35. The van der Waals surface area contributed by atoms with Crippen molar-refractivity contribution < 1.29 is 9.21 Å². The van der Waals surface area contributed by atoms with Crippen LogP contribution in [0, 0.1) is 6.92 Å². The average Bonchev–Trinajstić information content (AvgIpc) is 2.98. The number of rotatable bonds is 6. The Labute approximate surface area is 120 Å². The molecule has 5 nitrogen and oxygen atoms in total. The van der Waals surface area contributed by atoms with Gasteiger partial charge < -0.3 is 15.9 Å². The summed E-state index contributed by atoms with van der Waals surface area (Å²) in [7, 11) is 0. The summed E-state index contributed by atoms with van der Waals surface area (Å²) in [4.78, 5) is 13.6. The molecule has 1 aromatic heterocycles. The maximum atomic E-state index is 11.4. The van der Waals surface area contributed by atoms with Crippen LogP contribution in [0.4, 0.5) is 0 Å². The molecule has 4 N–H and O–H groups in total. The number of hydrogen-bond acceptors (Lipinski definition) is 4. The maximum Gasteiger partial charge on any atom is 0.231 e. The number of amides is 1. The van der Waals surface area contributed by atoms with Crippen molar-refractivity contribution in [2.75, 3.05) is 6.54 Å². The van der Waals surface area contributed by atoms with Gasteiger partial charge >= 0.3 is 0 Å². The van der Waals surface area contributed by atoms with E-state index in [2.05, 4.69) is 4.90 Å². The lowest BCUT2D eigenvalue weighted by Crippen LogP contribution is -2.47. The summed E-state index contributed by atoms with van der Waals surface area (Å²) < 4.78 is 5.76. The third-order valence-corrected chi connectivity index (χ3v) is 4.04. The second-order valence-electron chi connectivity index (χ2n) is 5.83. The summed E-state index contributed by atoms with van der Waals surface area (Å²) in [6.45, 7) is 4.10. The fourth-order valence-corrected chi connectivity index (χ4v) is 3.21. The predicted octanol–water partition coefficient (Wildman–Crippen LogP) is 1.71. The molecule has 112 valence electrons. The molecule has 20 heavy (non-hydrogen) atoms. The van der Waals surface area contributed by atoms with Crippen LogP contribution in [0.5, 0.6) is 0 Å². The topological polar surface area (TPSA) is 85.5 Å². The molecule has 1 heterocycles. The van der Waals surface area contributed by atoms with Crippen molar-refractivity contribution in [1.29, 1.82) is 0 Å². The van der Waals surface area contributed by atoms with Crippen molar-refractivity contribution in [2.24, 2.45) is 11.5 Å². The van der Waals surface area contributed by atoms with Gasteiger partial charge in [0.15, 0.2) is 0 Å². The van der Waals surface area contributed by atoms with Crippen LogP contribution < -0.4 is 11.5 Å². The largest absolute Gasteiger partial charge is 0.465 e. The van der Waals surface area contributed by atoms with Gasteiger partial charge in [0.2, 0.25) is 5.91 Å². The van der Waals surface area contributed by atoms with Gasteiger partial charge in [0.25, 0.3) is 0 Å². The fraction of sp³-hybridized carbons (Fsp3) is 0.667. The number of nitrogens with zero attached hydrogens (tertiary/aromatic N) is 1. The van der Waals surface area contributed by atoms with Gasteiger partial charge in [-0.3, -0.25) is 9.69 Å². The number of hydrogen-bond donors (Lipinski definition) is 2. The standard InChI is InChI=1S/C15H25N3O2/c1-10-7-8-13(20-10)15(11(2)16)18(9-14(17)19)12-5-3-4-6-12/h7-8,11-12,15H,3-6,9,16H2,1-2H3,(H2,17,19). The molecule has 5 heteroatoms. The number of aryl methyl sites for hydroxylation is 1. The molecule has 2 rings (SSSR count). The van der Waals surface area contributed by atoms with Crippen LogP contribution >= 0.6 is 0 Å². The van der Waals surface area contributed by atoms with E-state index < -0.39 is 0 Å². The van der Waals surface area contributed by atoms with Crippen molar-refractivity contribution in [3.05, 3.63) is 23.7 Å². The molecular formula is C15H25N3O2. The van der Waals surface area contributed by atoms with Gasteiger partial charge in [0.05, 0.1) is 12.6 Å². The molecule has 0 saturated heterocycles. The number of primary amides is 1. The molecule has 0 aliphatic heterocycles. The third-order valence-electron chi connectivity index (χ3n) is 4.04. The Kier molecular flexibility index (Phi) is 4.83. The summed E-state index contributed by atoms with van der Waals surface area (Å²) in [5, 5.41) is 0. The van der Waals surface area contributed by atoms with Crippen molar-refractivity contribution in [3.8, 4) is 0 Å². The minimum absolute atomic E-state index is 0.0979. The van der Waals surface area contributed by atoms with Gasteiger partial charge in [-0.2, -0.15) is 0 Å². The molecule has 0 aromatic carbocycles. The Morgan fingerprint density at radius 3 is 2.55 bits per heavy atom. The maximum absolute atomic E-state index is 11.4. The van der Waals surface area contributed by atoms with Crippen LogP contribution in [0.25, 0.3) is 0 Å². The van der Waals surface area contributed by atoms with E-state index in [0.717, 1.165) is 24.4 Å². The summed E-state index contributed by atoms with van der Waals surface area (Å²) in [6, 6.07) is 4.03. The van der Waals surface area contributed by atoms with Crippen LogP contribution in [0.2, 0.25) is 0 Å². The summed E-state index contributed by atoms with van der Waals surface area (Å²) in [5.74, 6) is 1.37. The van der Waals surface area contributed by atoms with E-state index >= 15 is 0 Å². The lowest BCUT2D eigenvalue weighted by atomic mass is 10.0. The van der Waals surface area contributed by atoms with Crippen molar-refractivity contribution in [1.82, 2.24) is 4.90 Å². The highest BCUT2D eigenvalue weighted by atomic mass is 16.3. The Hall–Kier alpha value is -1.33. The van der Waals surface area contributed by atoms with Crippen LogP contribution in [-0.2, 0) is 4.79 Å². The highest BCUT2D eigenvalue weighted by Gasteiger charge is 2.34. The van der Waals surface area contributed by atoms with E-state index in [-0.39, 0.29) is 24.5 Å². The highest BCUT2D eigenvalue weighted by Crippen LogP contribution is 2.33. The molecule has 1 saturated carbocycles. The van der Waals surface area contributed by atoms with Gasteiger partial charge in [0, 0.05) is 12.1 Å². The molecule has 1 aliphatic rings. The van der Waals surface area contributed by atoms with Crippen LogP contribution in [0.3, 0.4) is 0 Å². The fourth-order valence-electron chi connectivity index (χ4n) is 3.21. The minimum atomic E-state index is -0.314. The monoisotopic (exact) mass is 279 g/mol. The van der Waals surface area contributed by atoms with E-state index in [4.69, 9.17) is 15.9 Å². The summed E-state index contributed by atoms with van der Waals surface area (Å²) in [5.41, 5.74) is 11.6. The number of carbonyl (C=O) groups is 1. The Morgan fingerprint density at radius 2 is 2.10 bits per heavy atom. The van der Waals surface area contributed by atoms with Gasteiger partial charge in [0.1, 0.15) is 11.5 Å². The first-order valence-corrected chi connectivity index (χ1v) is 7.35. The lowest BCUT2D eigenvalue weighted by Gasteiger charge is -2.36. The molecule has 2 atom stereocenters. The molecule has 1 aromatic rings. The number of nitrogens with two attached hydrogens (primary N) is 2. The lowest BCUT2D eigenvalue weighted by molar-refractivity contribution is -0.120. The first kappa shape index (κ1) is 15.1. The average molecular weight is 279 g/mol. The van der Waals surface area contributed by atoms with Crippen molar-refractivity contribution in [3.63, 3.8) is 0 Å². The number of carbonyl (C=O) groups excluding carboxylic acids is 1. The Balaban J connectivity index is 2.28. The van der Waals surface area contributed by atoms with Crippen LogP contribution in [-0.4, -0.2) is 29.4 Å². The van der Waals surface area contributed by atoms with Gasteiger partial charge in [-0.25, -0.2) is 0 Å². The molecule has 1 fully saturated rings. The molecular weight excluding hydrogens is 254 g/mol. The van der Waals surface area contributed by atoms with E-state index in [1.54, 1.807) is 0 Å². The molecule has 0 spiro atoms. The molecule has 2 unspecified atom stereocenters. The molecule has 0 radical (unpaired) electrons. The van der Waals surface area contributed by atoms with E-state index in [0.29, 0.717) is 6.04 Å². The zero-order chi connectivity index (χ0) is 14.7. The highest BCUT2D eigenvalue weighted by molar-refractivity contribution is 5.76. The number of furan rings is 1. The van der Waals surface area contributed by atoms with E-state index in [1.165, 1.54) is 12.8 Å². The minimum Gasteiger partial charge on any atom is -0.465 e. The summed E-state index contributed by atoms with van der Waals surface area (Å²) >= 11 is 0. The predicted molar refractivity (Wildman–Crippen MR) is 78.0 cm³/mol. The molecule has 1 amide bonds. The zero-order valence-electron chi connectivity index (χ0n) is 12.3. The second kappa shape index (κ2) is 6.41. The quantitative estimate of drug-likeness (QED) is 0.830. The Morgan fingerprint density at radius 1 is 1.45 bits per heavy atom. The third kappa shape index (κ3) is 3.41. The van der Waals surface area contributed by atoms with Crippen molar-refractivity contribution >= 4 is 5.91 Å². The van der Waals surface area contributed by atoms with E-state index in [1.807, 2.05) is 26.0 Å². The van der Waals surface area contributed by atoms with Crippen LogP contribution in [0.15, 0.2) is 16.5 Å². The normalized spacial score (nSPS) is 19.4. The smallest absolute Gasteiger partial charge is 0.231 e. The SMILES string of the molecule is Cc1ccc(C(C(C)N)N(CC(N)=O)C2CCCC2)o1. The first-order chi connectivity index (χ1) is 9.49. The molecule has 1 aliphatic carbocycles. The van der Waals surface area contributed by atoms with Crippen molar-refractivity contribution in [2.45, 2.75) is 57.7 Å². The van der Waals surface area contributed by atoms with Crippen LogP contribution in [0.1, 0.15) is 50.2 Å². The Bertz CT molecular complexity index is 450. The van der Waals surface area contributed by atoms with Gasteiger partial charge in [-0.05, 0) is 38.8 Å². The zero-order valence-corrected chi connectivity index (χ0v) is 12.3. The van der Waals surface area contributed by atoms with Gasteiger partial charge in [-0.15, -0.1) is 0 Å². The second-order valence-corrected chi connectivity index (χ2v) is 5.83.